The van der Waals surface area contributed by atoms with Gasteiger partial charge in [0, 0.05) is 23.7 Å². The van der Waals surface area contributed by atoms with Crippen LogP contribution in [0.15, 0.2) is 24.3 Å². The predicted molar refractivity (Wildman–Crippen MR) is 74.9 cm³/mol. The summed E-state index contributed by atoms with van der Waals surface area (Å²) in [7, 11) is 0. The topological polar surface area (TPSA) is 81.0 Å². The Bertz CT molecular complexity index is 742. The van der Waals surface area contributed by atoms with E-state index >= 15 is 0 Å². The van der Waals surface area contributed by atoms with Crippen LogP contribution in [-0.4, -0.2) is 21.5 Å². The maximum Gasteiger partial charge on any atom is 0.280 e. The minimum absolute atomic E-state index is 0.0117. The first-order valence-electron chi connectivity index (χ1n) is 6.10. The summed E-state index contributed by atoms with van der Waals surface area (Å²) in [5.74, 6) is 0.433. The maximum absolute atomic E-state index is 11.1. The Morgan fingerprint density at radius 3 is 3.00 bits per heavy atom. The molecule has 1 aliphatic heterocycles. The van der Waals surface area contributed by atoms with Crippen molar-refractivity contribution in [3.8, 4) is 11.4 Å². The van der Waals surface area contributed by atoms with Gasteiger partial charge in [-0.05, 0) is 6.07 Å². The molecule has 6 nitrogen and oxygen atoms in total. The lowest BCUT2D eigenvalue weighted by atomic mass is 10.1. The summed E-state index contributed by atoms with van der Waals surface area (Å²) >= 11 is 5.25. The van der Waals surface area contributed by atoms with E-state index in [1.165, 1.54) is 6.07 Å². The third-order valence-electron chi connectivity index (χ3n) is 3.20. The van der Waals surface area contributed by atoms with E-state index in [2.05, 4.69) is 9.97 Å². The van der Waals surface area contributed by atoms with Gasteiger partial charge in [0.1, 0.15) is 10.5 Å². The zero-order chi connectivity index (χ0) is 14.1. The van der Waals surface area contributed by atoms with Gasteiger partial charge in [-0.15, -0.1) is 0 Å². The number of fused-ring (bicyclic) bond motifs is 1. The van der Waals surface area contributed by atoms with Gasteiger partial charge in [-0.3, -0.25) is 10.1 Å². The molecule has 0 unspecified atom stereocenters. The summed E-state index contributed by atoms with van der Waals surface area (Å²) in [5, 5.41) is 11.1. The van der Waals surface area contributed by atoms with Crippen LogP contribution in [0, 0.1) is 14.8 Å². The molecule has 2 heterocycles. The normalized spacial score (nSPS) is 13.8. The van der Waals surface area contributed by atoms with Crippen molar-refractivity contribution in [3.63, 3.8) is 0 Å². The number of nitrogens with one attached hydrogen (secondary N) is 1. The molecule has 1 aromatic carbocycles. The van der Waals surface area contributed by atoms with Gasteiger partial charge in [0.2, 0.25) is 0 Å². The van der Waals surface area contributed by atoms with Crippen LogP contribution < -0.4 is 0 Å². The number of nitrogens with zero attached hydrogens (tertiary/aromatic N) is 2. The molecule has 2 aromatic rings. The zero-order valence-electron chi connectivity index (χ0n) is 10.5. The molecule has 0 amide bonds. The highest BCUT2D eigenvalue weighted by Gasteiger charge is 2.19. The molecule has 0 fully saturated rings. The van der Waals surface area contributed by atoms with Gasteiger partial charge in [0.25, 0.3) is 5.69 Å². The molecule has 0 saturated heterocycles. The van der Waals surface area contributed by atoms with Crippen molar-refractivity contribution in [1.29, 1.82) is 0 Å². The van der Waals surface area contributed by atoms with Crippen LogP contribution in [0.3, 0.4) is 0 Å². The number of hydrogen-bond donors (Lipinski definition) is 1. The SMILES string of the molecule is O=[N+]([O-])c1ccccc1-c1nc(=S)c2c([nH]1)CCOC2. The minimum Gasteiger partial charge on any atom is -0.376 e. The van der Waals surface area contributed by atoms with Gasteiger partial charge in [-0.1, -0.05) is 24.4 Å². The molecule has 0 saturated carbocycles. The molecule has 3 rings (SSSR count). The first-order chi connectivity index (χ1) is 9.66. The van der Waals surface area contributed by atoms with E-state index in [1.54, 1.807) is 18.2 Å². The van der Waals surface area contributed by atoms with Gasteiger partial charge in [-0.25, -0.2) is 4.98 Å². The quantitative estimate of drug-likeness (QED) is 0.522. The molecular formula is C13H11N3O3S. The summed E-state index contributed by atoms with van der Waals surface area (Å²) < 4.78 is 5.79. The lowest BCUT2D eigenvalue weighted by molar-refractivity contribution is -0.384. The molecule has 102 valence electrons. The number of aromatic nitrogens is 2. The number of hydrogen-bond acceptors (Lipinski definition) is 5. The summed E-state index contributed by atoms with van der Waals surface area (Å²) in [4.78, 5) is 18.1. The fourth-order valence-corrected chi connectivity index (χ4v) is 2.49. The Labute approximate surface area is 119 Å². The fourth-order valence-electron chi connectivity index (χ4n) is 2.22. The molecule has 7 heteroatoms. The average molecular weight is 289 g/mol. The van der Waals surface area contributed by atoms with Gasteiger partial charge < -0.3 is 9.72 Å². The molecule has 20 heavy (non-hydrogen) atoms. The van der Waals surface area contributed by atoms with E-state index in [1.807, 2.05) is 0 Å². The predicted octanol–water partition coefficient (Wildman–Crippen LogP) is 2.79. The lowest BCUT2D eigenvalue weighted by Crippen LogP contribution is -2.14. The Morgan fingerprint density at radius 1 is 1.40 bits per heavy atom. The smallest absolute Gasteiger partial charge is 0.280 e. The Hall–Kier alpha value is -2.12. The second-order valence-electron chi connectivity index (χ2n) is 4.42. The minimum atomic E-state index is -0.420. The van der Waals surface area contributed by atoms with Gasteiger partial charge in [0.05, 0.1) is 23.7 Å². The molecule has 0 atom stereocenters. The first kappa shape index (κ1) is 12.9. The second-order valence-corrected chi connectivity index (χ2v) is 4.81. The fraction of sp³-hybridized carbons (Fsp3) is 0.231. The second kappa shape index (κ2) is 5.10. The largest absolute Gasteiger partial charge is 0.376 e. The first-order valence-corrected chi connectivity index (χ1v) is 6.51. The van der Waals surface area contributed by atoms with Crippen LogP contribution >= 0.6 is 12.2 Å². The summed E-state index contributed by atoms with van der Waals surface area (Å²) in [5.41, 5.74) is 2.27. The third-order valence-corrected chi connectivity index (χ3v) is 3.54. The van der Waals surface area contributed by atoms with Crippen LogP contribution in [0.4, 0.5) is 5.69 Å². The number of nitro groups is 1. The van der Waals surface area contributed by atoms with Crippen molar-refractivity contribution in [2.24, 2.45) is 0 Å². The van der Waals surface area contributed by atoms with Gasteiger partial charge >= 0.3 is 0 Å². The zero-order valence-corrected chi connectivity index (χ0v) is 11.3. The summed E-state index contributed by atoms with van der Waals surface area (Å²) in [6.07, 6.45) is 0.703. The monoisotopic (exact) mass is 289 g/mol. The van der Waals surface area contributed by atoms with Crippen molar-refractivity contribution in [2.45, 2.75) is 13.0 Å². The summed E-state index contributed by atoms with van der Waals surface area (Å²) in [6.45, 7) is 1.05. The Kier molecular flexibility index (Phi) is 3.29. The molecule has 1 N–H and O–H groups in total. The summed E-state index contributed by atoms with van der Waals surface area (Å²) in [6, 6.07) is 6.49. The van der Waals surface area contributed by atoms with Crippen LogP contribution in [-0.2, 0) is 17.8 Å². The number of H-pyrrole nitrogens is 1. The van der Waals surface area contributed by atoms with Crippen molar-refractivity contribution < 1.29 is 9.66 Å². The highest BCUT2D eigenvalue weighted by atomic mass is 32.1. The van der Waals surface area contributed by atoms with Crippen molar-refractivity contribution in [3.05, 3.63) is 50.3 Å². The third kappa shape index (κ3) is 2.21. The van der Waals surface area contributed by atoms with E-state index < -0.39 is 4.92 Å². The van der Waals surface area contributed by atoms with Crippen molar-refractivity contribution in [1.82, 2.24) is 9.97 Å². The number of rotatable bonds is 2. The highest BCUT2D eigenvalue weighted by Crippen LogP contribution is 2.28. The number of ether oxygens (including phenoxy) is 1. The van der Waals surface area contributed by atoms with Crippen LogP contribution in [0.2, 0.25) is 0 Å². The molecule has 0 aliphatic carbocycles. The van der Waals surface area contributed by atoms with Crippen LogP contribution in [0.5, 0.6) is 0 Å². The lowest BCUT2D eigenvalue weighted by Gasteiger charge is -2.17. The number of para-hydroxylation sites is 1. The molecule has 0 radical (unpaired) electrons. The number of aromatic amines is 1. The molecule has 0 spiro atoms. The number of nitro benzene ring substituents is 1. The molecule has 1 aromatic heterocycles. The molecular weight excluding hydrogens is 278 g/mol. The average Bonchev–Trinajstić information content (AvgIpc) is 2.47. The highest BCUT2D eigenvalue weighted by molar-refractivity contribution is 7.71. The van der Waals surface area contributed by atoms with E-state index in [-0.39, 0.29) is 5.69 Å². The van der Waals surface area contributed by atoms with Gasteiger partial charge in [-0.2, -0.15) is 0 Å². The Balaban J connectivity index is 2.19. The van der Waals surface area contributed by atoms with E-state index in [9.17, 15) is 10.1 Å². The Morgan fingerprint density at radius 2 is 2.20 bits per heavy atom. The van der Waals surface area contributed by atoms with E-state index in [0.717, 1.165) is 11.3 Å². The van der Waals surface area contributed by atoms with Crippen molar-refractivity contribution >= 4 is 17.9 Å². The molecule has 1 aliphatic rings. The number of benzene rings is 1. The van der Waals surface area contributed by atoms with E-state index in [0.29, 0.717) is 35.7 Å². The molecule has 0 bridgehead atoms. The van der Waals surface area contributed by atoms with Gasteiger partial charge in [0.15, 0.2) is 0 Å². The standard InChI is InChI=1S/C13H11N3O3S/c17-16(18)11-4-2-1-3-8(11)12-14-10-5-6-19-7-9(10)13(20)15-12/h1-4H,5-7H2,(H,14,15,20). The van der Waals surface area contributed by atoms with Crippen LogP contribution in [0.25, 0.3) is 11.4 Å². The van der Waals surface area contributed by atoms with Crippen LogP contribution in [0.1, 0.15) is 11.3 Å². The maximum atomic E-state index is 11.1. The van der Waals surface area contributed by atoms with E-state index in [4.69, 9.17) is 17.0 Å². The van der Waals surface area contributed by atoms with Crippen molar-refractivity contribution in [2.75, 3.05) is 6.61 Å².